The lowest BCUT2D eigenvalue weighted by Gasteiger charge is -2.41. The van der Waals surface area contributed by atoms with Gasteiger partial charge in [-0.2, -0.15) is 0 Å². The molecule has 1 saturated heterocycles. The summed E-state index contributed by atoms with van der Waals surface area (Å²) >= 11 is 0. The molecule has 18 heavy (non-hydrogen) atoms. The van der Waals surface area contributed by atoms with E-state index in [-0.39, 0.29) is 0 Å². The number of hydrogen-bond acceptors (Lipinski definition) is 0. The fourth-order valence-electron chi connectivity index (χ4n) is 3.39. The summed E-state index contributed by atoms with van der Waals surface area (Å²) in [5.74, 6) is 1.82. The first-order chi connectivity index (χ1) is 8.58. The maximum atomic E-state index is 2.47. The van der Waals surface area contributed by atoms with Gasteiger partial charge in [0.15, 0.2) is 0 Å². The molecule has 1 aliphatic heterocycles. The van der Waals surface area contributed by atoms with Crippen molar-refractivity contribution < 1.29 is 4.48 Å². The molecule has 1 atom stereocenters. The van der Waals surface area contributed by atoms with Crippen molar-refractivity contribution in [2.24, 2.45) is 11.8 Å². The molecule has 1 fully saturated rings. The lowest BCUT2D eigenvalue weighted by atomic mass is 9.96. The average Bonchev–Trinajstić information content (AvgIpc) is 2.37. The summed E-state index contributed by atoms with van der Waals surface area (Å²) in [7, 11) is 0. The lowest BCUT2D eigenvalue weighted by molar-refractivity contribution is -0.931. The number of quaternary nitrogens is 1. The van der Waals surface area contributed by atoms with Gasteiger partial charge in [0.1, 0.15) is 0 Å². The van der Waals surface area contributed by atoms with Crippen molar-refractivity contribution in [3.8, 4) is 0 Å². The standard InChI is InChI=1S/C17H36N/c1-5-18(13-7-6-8-14-18)15-12-17(4)11-9-10-16(2)3/h16-17H,5-15H2,1-4H3/q+1. The molecular weight excluding hydrogens is 218 g/mol. The van der Waals surface area contributed by atoms with E-state index in [1.807, 2.05) is 0 Å². The normalized spacial score (nSPS) is 21.2. The molecule has 1 heterocycles. The zero-order valence-electron chi connectivity index (χ0n) is 13.4. The summed E-state index contributed by atoms with van der Waals surface area (Å²) in [6.45, 7) is 15.3. The Morgan fingerprint density at radius 2 is 1.56 bits per heavy atom. The van der Waals surface area contributed by atoms with Crippen LogP contribution in [0.4, 0.5) is 0 Å². The maximum absolute atomic E-state index is 2.47. The number of rotatable bonds is 8. The van der Waals surface area contributed by atoms with Crippen LogP contribution in [0.25, 0.3) is 0 Å². The van der Waals surface area contributed by atoms with Gasteiger partial charge in [-0.3, -0.25) is 0 Å². The van der Waals surface area contributed by atoms with Crippen LogP contribution in [0.2, 0.25) is 0 Å². The third-order valence-corrected chi connectivity index (χ3v) is 5.01. The smallest absolute Gasteiger partial charge is 0.0789 e. The van der Waals surface area contributed by atoms with Crippen molar-refractivity contribution >= 4 is 0 Å². The molecule has 1 unspecified atom stereocenters. The van der Waals surface area contributed by atoms with Crippen molar-refractivity contribution in [3.63, 3.8) is 0 Å². The maximum Gasteiger partial charge on any atom is 0.0789 e. The molecule has 0 aromatic heterocycles. The van der Waals surface area contributed by atoms with E-state index in [4.69, 9.17) is 0 Å². The minimum atomic E-state index is 0.883. The molecule has 0 aliphatic carbocycles. The Kier molecular flexibility index (Phi) is 7.29. The number of likely N-dealkylation sites (tertiary alicyclic amines) is 1. The summed E-state index contributed by atoms with van der Waals surface area (Å²) < 4.78 is 1.43. The molecule has 108 valence electrons. The third kappa shape index (κ3) is 5.73. The van der Waals surface area contributed by atoms with Gasteiger partial charge in [-0.1, -0.05) is 40.0 Å². The van der Waals surface area contributed by atoms with Crippen molar-refractivity contribution in [2.45, 2.75) is 72.6 Å². The molecule has 0 aromatic rings. The second-order valence-electron chi connectivity index (χ2n) is 7.11. The van der Waals surface area contributed by atoms with Gasteiger partial charge in [0.25, 0.3) is 0 Å². The Labute approximate surface area is 116 Å². The first kappa shape index (κ1) is 16.0. The van der Waals surface area contributed by atoms with Gasteiger partial charge in [0.05, 0.1) is 26.2 Å². The molecule has 0 amide bonds. The van der Waals surface area contributed by atoms with Crippen molar-refractivity contribution in [1.82, 2.24) is 0 Å². The Bertz CT molecular complexity index is 204. The molecule has 1 aliphatic rings. The van der Waals surface area contributed by atoms with E-state index in [0.717, 1.165) is 11.8 Å². The summed E-state index contributed by atoms with van der Waals surface area (Å²) in [4.78, 5) is 0. The van der Waals surface area contributed by atoms with E-state index < -0.39 is 0 Å². The second kappa shape index (κ2) is 8.19. The SMILES string of the molecule is CC[N+]1(CCC(C)CCCC(C)C)CCCCC1. The Morgan fingerprint density at radius 1 is 0.889 bits per heavy atom. The van der Waals surface area contributed by atoms with Crippen LogP contribution >= 0.6 is 0 Å². The minimum absolute atomic E-state index is 0.883. The second-order valence-corrected chi connectivity index (χ2v) is 7.11. The van der Waals surface area contributed by atoms with Crippen molar-refractivity contribution in [3.05, 3.63) is 0 Å². The molecule has 0 spiro atoms. The summed E-state index contributed by atoms with van der Waals surface area (Å²) in [6.07, 6.45) is 10.2. The van der Waals surface area contributed by atoms with Gasteiger partial charge >= 0.3 is 0 Å². The first-order valence-corrected chi connectivity index (χ1v) is 8.43. The third-order valence-electron chi connectivity index (χ3n) is 5.01. The lowest BCUT2D eigenvalue weighted by Crippen LogP contribution is -2.52. The van der Waals surface area contributed by atoms with E-state index in [0.29, 0.717) is 0 Å². The molecule has 0 radical (unpaired) electrons. The van der Waals surface area contributed by atoms with Crippen LogP contribution in [0.3, 0.4) is 0 Å². The highest BCUT2D eigenvalue weighted by atomic mass is 15.3. The fourth-order valence-corrected chi connectivity index (χ4v) is 3.39. The van der Waals surface area contributed by atoms with Gasteiger partial charge in [0, 0.05) is 0 Å². The van der Waals surface area contributed by atoms with Crippen LogP contribution < -0.4 is 0 Å². The van der Waals surface area contributed by atoms with Gasteiger partial charge in [0.2, 0.25) is 0 Å². The van der Waals surface area contributed by atoms with Gasteiger partial charge < -0.3 is 4.48 Å². The van der Waals surface area contributed by atoms with Crippen molar-refractivity contribution in [1.29, 1.82) is 0 Å². The topological polar surface area (TPSA) is 0 Å². The predicted molar refractivity (Wildman–Crippen MR) is 81.7 cm³/mol. The van der Waals surface area contributed by atoms with Crippen molar-refractivity contribution in [2.75, 3.05) is 26.2 Å². The number of nitrogens with zero attached hydrogens (tertiary/aromatic N) is 1. The van der Waals surface area contributed by atoms with E-state index in [2.05, 4.69) is 27.7 Å². The van der Waals surface area contributed by atoms with Crippen LogP contribution in [0, 0.1) is 11.8 Å². The first-order valence-electron chi connectivity index (χ1n) is 8.43. The largest absolute Gasteiger partial charge is 0.324 e. The molecule has 0 N–H and O–H groups in total. The average molecular weight is 254 g/mol. The number of piperidine rings is 1. The molecule has 1 rings (SSSR count). The molecule has 1 heteroatoms. The quantitative estimate of drug-likeness (QED) is 0.543. The van der Waals surface area contributed by atoms with Gasteiger partial charge in [-0.15, -0.1) is 0 Å². The van der Waals surface area contributed by atoms with Crippen LogP contribution in [-0.4, -0.2) is 30.7 Å². The Hall–Kier alpha value is -0.0400. The van der Waals surface area contributed by atoms with Gasteiger partial charge in [-0.25, -0.2) is 0 Å². The molecule has 0 bridgehead atoms. The molecular formula is C17H36N+. The zero-order valence-corrected chi connectivity index (χ0v) is 13.4. The molecule has 1 nitrogen and oxygen atoms in total. The molecule has 0 aromatic carbocycles. The highest BCUT2D eigenvalue weighted by molar-refractivity contribution is 4.59. The predicted octanol–water partition coefficient (Wildman–Crippen LogP) is 4.86. The minimum Gasteiger partial charge on any atom is -0.324 e. The zero-order chi connectivity index (χ0) is 13.4. The summed E-state index contributed by atoms with van der Waals surface area (Å²) in [5, 5.41) is 0. The molecule has 0 saturated carbocycles. The highest BCUT2D eigenvalue weighted by Crippen LogP contribution is 2.22. The van der Waals surface area contributed by atoms with E-state index in [1.54, 1.807) is 0 Å². The van der Waals surface area contributed by atoms with Gasteiger partial charge in [-0.05, 0) is 44.4 Å². The highest BCUT2D eigenvalue weighted by Gasteiger charge is 2.27. The monoisotopic (exact) mass is 254 g/mol. The van der Waals surface area contributed by atoms with Crippen LogP contribution in [0.15, 0.2) is 0 Å². The summed E-state index contributed by atoms with van der Waals surface area (Å²) in [6, 6.07) is 0. The van der Waals surface area contributed by atoms with Crippen LogP contribution in [0.5, 0.6) is 0 Å². The Morgan fingerprint density at radius 3 is 2.11 bits per heavy atom. The van der Waals surface area contributed by atoms with Crippen LogP contribution in [-0.2, 0) is 0 Å². The number of hydrogen-bond donors (Lipinski definition) is 0. The Balaban J connectivity index is 2.20. The van der Waals surface area contributed by atoms with E-state index in [9.17, 15) is 0 Å². The van der Waals surface area contributed by atoms with Crippen LogP contribution in [0.1, 0.15) is 72.6 Å². The van der Waals surface area contributed by atoms with E-state index >= 15 is 0 Å². The fraction of sp³-hybridized carbons (Fsp3) is 1.00. The van der Waals surface area contributed by atoms with E-state index in [1.165, 1.54) is 75.6 Å². The summed E-state index contributed by atoms with van der Waals surface area (Å²) in [5.41, 5.74) is 0.